The van der Waals surface area contributed by atoms with E-state index < -0.39 is 17.6 Å². The molecule has 0 radical (unpaired) electrons. The highest BCUT2D eigenvalue weighted by Crippen LogP contribution is 2.25. The molecular weight excluding hydrogens is 292 g/mol. The Hall–Kier alpha value is -3.09. The monoisotopic (exact) mass is 301 g/mol. The lowest BCUT2D eigenvalue weighted by atomic mass is 10.2. The number of rotatable bonds is 3. The fraction of sp³-hybridized carbons (Fsp3) is 0. The number of carboxylic acid groups (broad SMARTS) is 1. The van der Waals surface area contributed by atoms with Gasteiger partial charge < -0.3 is 5.11 Å². The van der Waals surface area contributed by atoms with Crippen molar-refractivity contribution < 1.29 is 18.7 Å². The van der Waals surface area contributed by atoms with E-state index in [-0.39, 0.29) is 11.4 Å². The van der Waals surface area contributed by atoms with Gasteiger partial charge in [-0.2, -0.15) is 5.10 Å². The summed E-state index contributed by atoms with van der Waals surface area (Å²) in [5.74, 6) is -2.80. The second-order valence-corrected chi connectivity index (χ2v) is 4.46. The third kappa shape index (κ3) is 2.44. The molecule has 2 aromatic heterocycles. The molecule has 0 aliphatic heterocycles. The Kier molecular flexibility index (Phi) is 3.38. The molecule has 7 heteroatoms. The molecule has 0 bridgehead atoms. The highest BCUT2D eigenvalue weighted by Gasteiger charge is 2.18. The molecule has 0 aliphatic carbocycles. The zero-order valence-corrected chi connectivity index (χ0v) is 11.1. The molecule has 3 aromatic rings. The lowest BCUT2D eigenvalue weighted by molar-refractivity contribution is 0.0690. The number of pyridine rings is 1. The van der Waals surface area contributed by atoms with Gasteiger partial charge in [0.15, 0.2) is 11.5 Å². The smallest absolute Gasteiger partial charge is 0.356 e. The van der Waals surface area contributed by atoms with Gasteiger partial charge in [0, 0.05) is 24.0 Å². The van der Waals surface area contributed by atoms with Gasteiger partial charge >= 0.3 is 5.97 Å². The number of halogens is 2. The number of aromatic nitrogens is 3. The first-order valence-corrected chi connectivity index (χ1v) is 6.25. The maximum Gasteiger partial charge on any atom is 0.356 e. The maximum atomic E-state index is 14.0. The normalized spacial score (nSPS) is 10.6. The summed E-state index contributed by atoms with van der Waals surface area (Å²) in [6.07, 6.45) is 3.04. The van der Waals surface area contributed by atoms with Gasteiger partial charge in [0.1, 0.15) is 11.5 Å². The second kappa shape index (κ2) is 5.36. The molecule has 3 rings (SSSR count). The molecule has 110 valence electrons. The van der Waals surface area contributed by atoms with Crippen LogP contribution in [-0.2, 0) is 0 Å². The van der Waals surface area contributed by atoms with Gasteiger partial charge in [0.05, 0.1) is 5.69 Å². The fourth-order valence-corrected chi connectivity index (χ4v) is 2.05. The van der Waals surface area contributed by atoms with Crippen LogP contribution in [-0.4, -0.2) is 25.8 Å². The summed E-state index contributed by atoms with van der Waals surface area (Å²) in [5.41, 5.74) is 0.695. The lowest BCUT2D eigenvalue weighted by Gasteiger charge is -2.08. The van der Waals surface area contributed by atoms with Gasteiger partial charge in [-0.1, -0.05) is 0 Å². The second-order valence-electron chi connectivity index (χ2n) is 4.46. The van der Waals surface area contributed by atoms with Crippen LogP contribution in [0.4, 0.5) is 8.78 Å². The summed E-state index contributed by atoms with van der Waals surface area (Å²) in [6, 6.07) is 7.60. The Balaban J connectivity index is 2.24. The molecule has 0 spiro atoms. The van der Waals surface area contributed by atoms with Crippen LogP contribution in [0.1, 0.15) is 10.5 Å². The SMILES string of the molecule is O=C(O)c1cc(-c2ccncc2)n(-c2ccc(F)cc2F)n1. The van der Waals surface area contributed by atoms with Crippen molar-refractivity contribution in [1.82, 2.24) is 14.8 Å². The highest BCUT2D eigenvalue weighted by atomic mass is 19.1. The Morgan fingerprint density at radius 2 is 1.82 bits per heavy atom. The lowest BCUT2D eigenvalue weighted by Crippen LogP contribution is -2.04. The summed E-state index contributed by atoms with van der Waals surface area (Å²) in [4.78, 5) is 15.0. The molecule has 5 nitrogen and oxygen atoms in total. The van der Waals surface area contributed by atoms with Crippen molar-refractivity contribution in [2.24, 2.45) is 0 Å². The average Bonchev–Trinajstić information content (AvgIpc) is 2.93. The topological polar surface area (TPSA) is 68.0 Å². The van der Waals surface area contributed by atoms with E-state index in [2.05, 4.69) is 10.1 Å². The molecule has 1 N–H and O–H groups in total. The number of hydrogen-bond donors (Lipinski definition) is 1. The number of hydrogen-bond acceptors (Lipinski definition) is 3. The summed E-state index contributed by atoms with van der Waals surface area (Å²) in [7, 11) is 0. The molecule has 22 heavy (non-hydrogen) atoms. The predicted octanol–water partition coefficient (Wildman–Crippen LogP) is 2.91. The van der Waals surface area contributed by atoms with Crippen LogP contribution >= 0.6 is 0 Å². The molecule has 1 aromatic carbocycles. The summed E-state index contributed by atoms with van der Waals surface area (Å²) < 4.78 is 28.2. The Labute approximate surface area is 123 Å². The number of aromatic carboxylic acids is 1. The molecule has 0 saturated heterocycles. The molecule has 0 unspecified atom stereocenters. The zero-order valence-electron chi connectivity index (χ0n) is 11.1. The first-order valence-electron chi connectivity index (χ1n) is 6.25. The summed E-state index contributed by atoms with van der Waals surface area (Å²) in [5, 5.41) is 13.0. The number of carbonyl (C=O) groups is 1. The van der Waals surface area contributed by atoms with E-state index in [1.54, 1.807) is 12.1 Å². The van der Waals surface area contributed by atoms with Crippen molar-refractivity contribution in [3.8, 4) is 16.9 Å². The largest absolute Gasteiger partial charge is 0.476 e. The van der Waals surface area contributed by atoms with E-state index in [9.17, 15) is 13.6 Å². The van der Waals surface area contributed by atoms with Crippen LogP contribution in [0.3, 0.4) is 0 Å². The molecular formula is C15H9F2N3O2. The molecule has 2 heterocycles. The average molecular weight is 301 g/mol. The first-order chi connectivity index (χ1) is 10.6. The molecule has 0 fully saturated rings. The van der Waals surface area contributed by atoms with Gasteiger partial charge in [-0.05, 0) is 30.3 Å². The van der Waals surface area contributed by atoms with Gasteiger partial charge in [-0.25, -0.2) is 18.3 Å². The number of carboxylic acids is 1. The minimum absolute atomic E-state index is 0.0410. The minimum Gasteiger partial charge on any atom is -0.476 e. The van der Waals surface area contributed by atoms with Crippen molar-refractivity contribution in [3.05, 3.63) is 66.1 Å². The van der Waals surface area contributed by atoms with E-state index in [0.29, 0.717) is 17.3 Å². The van der Waals surface area contributed by atoms with Gasteiger partial charge in [-0.15, -0.1) is 0 Å². The van der Waals surface area contributed by atoms with Gasteiger partial charge in [0.25, 0.3) is 0 Å². The van der Waals surface area contributed by atoms with Gasteiger partial charge in [-0.3, -0.25) is 4.98 Å². The first kappa shape index (κ1) is 13.9. The highest BCUT2D eigenvalue weighted by molar-refractivity contribution is 5.87. The Morgan fingerprint density at radius 3 is 2.45 bits per heavy atom. The zero-order chi connectivity index (χ0) is 15.7. The predicted molar refractivity (Wildman–Crippen MR) is 73.7 cm³/mol. The Bertz CT molecular complexity index is 847. The quantitative estimate of drug-likeness (QED) is 0.807. The van der Waals surface area contributed by atoms with E-state index in [4.69, 9.17) is 5.11 Å². The molecule has 0 aliphatic rings. The third-order valence-corrected chi connectivity index (χ3v) is 3.04. The van der Waals surface area contributed by atoms with Crippen LogP contribution in [0.15, 0.2) is 48.8 Å². The van der Waals surface area contributed by atoms with E-state index in [1.807, 2.05) is 0 Å². The number of benzene rings is 1. The van der Waals surface area contributed by atoms with Crippen LogP contribution < -0.4 is 0 Å². The minimum atomic E-state index is -1.24. The van der Waals surface area contributed by atoms with E-state index in [0.717, 1.165) is 10.7 Å². The van der Waals surface area contributed by atoms with Crippen molar-refractivity contribution >= 4 is 5.97 Å². The van der Waals surface area contributed by atoms with Crippen molar-refractivity contribution in [2.45, 2.75) is 0 Å². The van der Waals surface area contributed by atoms with Crippen molar-refractivity contribution in [2.75, 3.05) is 0 Å². The van der Waals surface area contributed by atoms with E-state index in [1.165, 1.54) is 24.5 Å². The number of nitrogens with zero attached hydrogens (tertiary/aromatic N) is 3. The Morgan fingerprint density at radius 1 is 1.09 bits per heavy atom. The molecule has 0 amide bonds. The third-order valence-electron chi connectivity index (χ3n) is 3.04. The summed E-state index contributed by atoms with van der Waals surface area (Å²) >= 11 is 0. The van der Waals surface area contributed by atoms with Crippen molar-refractivity contribution in [1.29, 1.82) is 0 Å². The summed E-state index contributed by atoms with van der Waals surface area (Å²) in [6.45, 7) is 0. The fourth-order valence-electron chi connectivity index (χ4n) is 2.05. The van der Waals surface area contributed by atoms with Crippen LogP contribution in [0.2, 0.25) is 0 Å². The standard InChI is InChI=1S/C15H9F2N3O2/c16-10-1-2-13(11(17)7-10)20-14(8-12(19-20)15(21)22)9-3-5-18-6-4-9/h1-8H,(H,21,22). The molecule has 0 saturated carbocycles. The van der Waals surface area contributed by atoms with Crippen LogP contribution in [0.25, 0.3) is 16.9 Å². The van der Waals surface area contributed by atoms with Crippen LogP contribution in [0.5, 0.6) is 0 Å². The maximum absolute atomic E-state index is 14.0. The van der Waals surface area contributed by atoms with Crippen LogP contribution in [0, 0.1) is 11.6 Å². The molecule has 0 atom stereocenters. The van der Waals surface area contributed by atoms with Crippen molar-refractivity contribution in [3.63, 3.8) is 0 Å². The van der Waals surface area contributed by atoms with E-state index >= 15 is 0 Å². The van der Waals surface area contributed by atoms with Gasteiger partial charge in [0.2, 0.25) is 0 Å².